The van der Waals surface area contributed by atoms with Gasteiger partial charge in [0.1, 0.15) is 11.6 Å². The van der Waals surface area contributed by atoms with Crippen LogP contribution in [0.2, 0.25) is 0 Å². The van der Waals surface area contributed by atoms with Crippen LogP contribution in [-0.2, 0) is 0 Å². The highest BCUT2D eigenvalue weighted by Gasteiger charge is 2.27. The number of hydrogen-bond acceptors (Lipinski definition) is 4. The molecular weight excluding hydrogens is 236 g/mol. The molecule has 1 aromatic heterocycles. The van der Waals surface area contributed by atoms with E-state index in [2.05, 4.69) is 34.4 Å². The normalized spacial score (nSPS) is 14.7. The Morgan fingerprint density at radius 2 is 1.84 bits per heavy atom. The van der Waals surface area contributed by atoms with E-state index in [4.69, 9.17) is 0 Å². The van der Waals surface area contributed by atoms with Crippen LogP contribution in [0.15, 0.2) is 18.2 Å². The zero-order valence-electron chi connectivity index (χ0n) is 12.2. The summed E-state index contributed by atoms with van der Waals surface area (Å²) in [6, 6.07) is 6.94. The maximum absolute atomic E-state index is 4.55. The number of rotatable bonds is 9. The van der Waals surface area contributed by atoms with Crippen LogP contribution in [0.4, 0.5) is 11.6 Å². The highest BCUT2D eigenvalue weighted by atomic mass is 15.2. The van der Waals surface area contributed by atoms with Crippen LogP contribution < -0.4 is 10.6 Å². The van der Waals surface area contributed by atoms with Crippen molar-refractivity contribution in [3.63, 3.8) is 0 Å². The van der Waals surface area contributed by atoms with Crippen LogP contribution in [0, 0.1) is 0 Å². The molecular formula is C15H26N4. The minimum Gasteiger partial charge on any atom is -0.370 e. The standard InChI is InChI=1S/C15H26N4/c1-3-10-16-14-6-5-7-15(18-14)17-11-12-19(4-2)13-8-9-13/h5-7,13H,3-4,8-12H2,1-2H3,(H2,16,17,18). The topological polar surface area (TPSA) is 40.2 Å². The van der Waals surface area contributed by atoms with Gasteiger partial charge in [-0.25, -0.2) is 4.98 Å². The third kappa shape index (κ3) is 4.71. The molecule has 2 N–H and O–H groups in total. The molecule has 1 aliphatic carbocycles. The van der Waals surface area contributed by atoms with Crippen molar-refractivity contribution in [3.8, 4) is 0 Å². The maximum atomic E-state index is 4.55. The Labute approximate surface area is 116 Å². The van der Waals surface area contributed by atoms with Gasteiger partial charge in [0, 0.05) is 25.7 Å². The summed E-state index contributed by atoms with van der Waals surface area (Å²) in [6.45, 7) is 8.60. The smallest absolute Gasteiger partial charge is 0.128 e. The summed E-state index contributed by atoms with van der Waals surface area (Å²) >= 11 is 0. The van der Waals surface area contributed by atoms with Gasteiger partial charge in [-0.2, -0.15) is 0 Å². The molecule has 4 nitrogen and oxygen atoms in total. The predicted octanol–water partition coefficient (Wildman–Crippen LogP) is 2.80. The molecule has 0 saturated heterocycles. The van der Waals surface area contributed by atoms with Gasteiger partial charge in [0.15, 0.2) is 0 Å². The zero-order valence-corrected chi connectivity index (χ0v) is 12.2. The molecule has 1 aliphatic rings. The summed E-state index contributed by atoms with van der Waals surface area (Å²) < 4.78 is 0. The van der Waals surface area contributed by atoms with Crippen LogP contribution in [0.1, 0.15) is 33.1 Å². The lowest BCUT2D eigenvalue weighted by Gasteiger charge is -2.20. The minimum absolute atomic E-state index is 0.845. The van der Waals surface area contributed by atoms with Gasteiger partial charge in [0.2, 0.25) is 0 Å². The molecule has 1 aromatic rings. The van der Waals surface area contributed by atoms with Crippen molar-refractivity contribution in [2.75, 3.05) is 36.8 Å². The highest BCUT2D eigenvalue weighted by molar-refractivity contribution is 5.44. The summed E-state index contributed by atoms with van der Waals surface area (Å²) in [5, 5.41) is 6.73. The van der Waals surface area contributed by atoms with Crippen LogP contribution in [-0.4, -0.2) is 42.1 Å². The number of aromatic nitrogens is 1. The zero-order chi connectivity index (χ0) is 13.5. The molecule has 0 radical (unpaired) electrons. The van der Waals surface area contributed by atoms with Crippen molar-refractivity contribution in [2.45, 2.75) is 39.2 Å². The van der Waals surface area contributed by atoms with Gasteiger partial charge < -0.3 is 10.6 Å². The summed E-state index contributed by atoms with van der Waals surface area (Å²) in [5.74, 6) is 1.93. The number of pyridine rings is 1. The van der Waals surface area contributed by atoms with E-state index >= 15 is 0 Å². The molecule has 1 heterocycles. The monoisotopic (exact) mass is 262 g/mol. The molecule has 4 heteroatoms. The average molecular weight is 262 g/mol. The van der Waals surface area contributed by atoms with Crippen LogP contribution in [0.5, 0.6) is 0 Å². The second-order valence-corrected chi connectivity index (χ2v) is 5.12. The first-order valence-electron chi connectivity index (χ1n) is 7.52. The fraction of sp³-hybridized carbons (Fsp3) is 0.667. The summed E-state index contributed by atoms with van der Waals surface area (Å²) in [6.07, 6.45) is 3.87. The van der Waals surface area contributed by atoms with E-state index < -0.39 is 0 Å². The van der Waals surface area contributed by atoms with E-state index in [0.717, 1.165) is 50.3 Å². The lowest BCUT2D eigenvalue weighted by atomic mass is 10.4. The van der Waals surface area contributed by atoms with Crippen molar-refractivity contribution >= 4 is 11.6 Å². The van der Waals surface area contributed by atoms with Gasteiger partial charge in [-0.1, -0.05) is 19.9 Å². The fourth-order valence-corrected chi connectivity index (χ4v) is 2.25. The van der Waals surface area contributed by atoms with Crippen molar-refractivity contribution in [1.29, 1.82) is 0 Å². The van der Waals surface area contributed by atoms with Crippen LogP contribution in [0.25, 0.3) is 0 Å². The number of nitrogens with zero attached hydrogens (tertiary/aromatic N) is 2. The lowest BCUT2D eigenvalue weighted by Crippen LogP contribution is -2.31. The molecule has 19 heavy (non-hydrogen) atoms. The lowest BCUT2D eigenvalue weighted by molar-refractivity contribution is 0.289. The largest absolute Gasteiger partial charge is 0.370 e. The first kappa shape index (κ1) is 14.1. The van der Waals surface area contributed by atoms with E-state index in [1.165, 1.54) is 12.8 Å². The van der Waals surface area contributed by atoms with Gasteiger partial charge in [-0.3, -0.25) is 4.90 Å². The van der Waals surface area contributed by atoms with E-state index in [1.807, 2.05) is 18.2 Å². The molecule has 0 atom stereocenters. The number of hydrogen-bond donors (Lipinski definition) is 2. The van der Waals surface area contributed by atoms with Crippen LogP contribution in [0.3, 0.4) is 0 Å². The van der Waals surface area contributed by atoms with E-state index in [0.29, 0.717) is 0 Å². The Morgan fingerprint density at radius 1 is 1.16 bits per heavy atom. The van der Waals surface area contributed by atoms with Gasteiger partial charge in [-0.05, 0) is 37.9 Å². The van der Waals surface area contributed by atoms with Gasteiger partial charge in [-0.15, -0.1) is 0 Å². The van der Waals surface area contributed by atoms with Crippen molar-refractivity contribution in [2.24, 2.45) is 0 Å². The Kier molecular flexibility index (Phi) is 5.45. The second-order valence-electron chi connectivity index (χ2n) is 5.12. The Bertz CT molecular complexity index is 376. The van der Waals surface area contributed by atoms with E-state index in [1.54, 1.807) is 0 Å². The van der Waals surface area contributed by atoms with Gasteiger partial charge in [0.25, 0.3) is 0 Å². The third-order valence-corrected chi connectivity index (χ3v) is 3.48. The SMILES string of the molecule is CCCNc1cccc(NCCN(CC)C2CC2)n1. The van der Waals surface area contributed by atoms with Gasteiger partial charge in [0.05, 0.1) is 0 Å². The maximum Gasteiger partial charge on any atom is 0.128 e. The molecule has 0 spiro atoms. The quantitative estimate of drug-likeness (QED) is 0.718. The molecule has 1 saturated carbocycles. The van der Waals surface area contributed by atoms with Crippen molar-refractivity contribution < 1.29 is 0 Å². The highest BCUT2D eigenvalue weighted by Crippen LogP contribution is 2.25. The van der Waals surface area contributed by atoms with Crippen molar-refractivity contribution in [1.82, 2.24) is 9.88 Å². The molecule has 0 aliphatic heterocycles. The molecule has 0 bridgehead atoms. The molecule has 0 amide bonds. The predicted molar refractivity (Wildman–Crippen MR) is 81.8 cm³/mol. The van der Waals surface area contributed by atoms with Crippen molar-refractivity contribution in [3.05, 3.63) is 18.2 Å². The summed E-state index contributed by atoms with van der Waals surface area (Å²) in [5.41, 5.74) is 0. The minimum atomic E-state index is 0.845. The molecule has 0 aromatic carbocycles. The first-order chi connectivity index (χ1) is 9.33. The van der Waals surface area contributed by atoms with E-state index in [-0.39, 0.29) is 0 Å². The molecule has 106 valence electrons. The van der Waals surface area contributed by atoms with Gasteiger partial charge >= 0.3 is 0 Å². The number of anilines is 2. The molecule has 2 rings (SSSR count). The molecule has 1 fully saturated rings. The second kappa shape index (κ2) is 7.34. The summed E-state index contributed by atoms with van der Waals surface area (Å²) in [7, 11) is 0. The first-order valence-corrected chi connectivity index (χ1v) is 7.52. The Hall–Kier alpha value is -1.29. The third-order valence-electron chi connectivity index (χ3n) is 3.48. The average Bonchev–Trinajstić information content (AvgIpc) is 3.26. The Balaban J connectivity index is 1.75. The van der Waals surface area contributed by atoms with E-state index in [9.17, 15) is 0 Å². The van der Waals surface area contributed by atoms with Crippen LogP contribution >= 0.6 is 0 Å². The number of likely N-dealkylation sites (N-methyl/N-ethyl adjacent to an activating group) is 1. The Morgan fingerprint density at radius 3 is 2.42 bits per heavy atom. The fourth-order valence-electron chi connectivity index (χ4n) is 2.25. The summed E-state index contributed by atoms with van der Waals surface area (Å²) in [4.78, 5) is 7.10. The number of nitrogens with one attached hydrogen (secondary N) is 2. The molecule has 0 unspecified atom stereocenters.